The van der Waals surface area contributed by atoms with Gasteiger partial charge < -0.3 is 15.0 Å². The highest BCUT2D eigenvalue weighted by atomic mass is 16.5. The normalized spacial score (nSPS) is 20.0. The van der Waals surface area contributed by atoms with Crippen molar-refractivity contribution in [3.8, 4) is 5.88 Å². The third-order valence-electron chi connectivity index (χ3n) is 3.23. The fourth-order valence-electron chi connectivity index (χ4n) is 2.08. The molecule has 1 atom stereocenters. The molecule has 1 aliphatic rings. The highest BCUT2D eigenvalue weighted by Crippen LogP contribution is 2.11. The summed E-state index contributed by atoms with van der Waals surface area (Å²) in [5, 5.41) is 3.45. The number of carbonyl (C=O) groups excluding carboxylic acids is 1. The Morgan fingerprint density at radius 1 is 1.56 bits per heavy atom. The Morgan fingerprint density at radius 2 is 2.39 bits per heavy atom. The largest absolute Gasteiger partial charge is 0.481 e. The number of likely N-dealkylation sites (tertiary alicyclic amines) is 1. The minimum absolute atomic E-state index is 0.235. The van der Waals surface area contributed by atoms with Gasteiger partial charge in [0.1, 0.15) is 0 Å². The number of rotatable bonds is 4. The lowest BCUT2D eigenvalue weighted by Crippen LogP contribution is -2.46. The highest BCUT2D eigenvalue weighted by Gasteiger charge is 2.22. The highest BCUT2D eigenvalue weighted by molar-refractivity contribution is 5.76. The van der Waals surface area contributed by atoms with Crippen molar-refractivity contribution < 1.29 is 9.53 Å². The number of pyridine rings is 1. The number of methoxy groups -OCH3 is 1. The molecule has 2 rings (SSSR count). The van der Waals surface area contributed by atoms with Crippen LogP contribution < -0.4 is 10.1 Å². The molecule has 1 aliphatic heterocycles. The Kier molecular flexibility index (Phi) is 4.15. The maximum absolute atomic E-state index is 11.4. The van der Waals surface area contributed by atoms with Gasteiger partial charge in [-0.3, -0.25) is 4.79 Å². The first kappa shape index (κ1) is 12.8. The maximum Gasteiger partial charge on any atom is 0.222 e. The number of hydrogen-bond acceptors (Lipinski definition) is 4. The van der Waals surface area contributed by atoms with E-state index in [0.29, 0.717) is 18.3 Å². The van der Waals surface area contributed by atoms with Gasteiger partial charge >= 0.3 is 0 Å². The second kappa shape index (κ2) is 5.82. The number of hydrogen-bond donors (Lipinski definition) is 1. The second-order valence-corrected chi connectivity index (χ2v) is 4.60. The van der Waals surface area contributed by atoms with Gasteiger partial charge in [0, 0.05) is 44.9 Å². The van der Waals surface area contributed by atoms with E-state index < -0.39 is 0 Å². The van der Waals surface area contributed by atoms with Crippen molar-refractivity contribution in [1.29, 1.82) is 0 Å². The van der Waals surface area contributed by atoms with Crippen LogP contribution in [0.4, 0.5) is 0 Å². The first-order valence-corrected chi connectivity index (χ1v) is 6.15. The van der Waals surface area contributed by atoms with Gasteiger partial charge in [-0.25, -0.2) is 4.98 Å². The molecule has 0 spiro atoms. The number of carbonyl (C=O) groups is 1. The van der Waals surface area contributed by atoms with Crippen LogP contribution in [0.15, 0.2) is 18.3 Å². The van der Waals surface area contributed by atoms with Crippen LogP contribution in [0.5, 0.6) is 5.88 Å². The maximum atomic E-state index is 11.4. The molecule has 0 saturated carbocycles. The average Bonchev–Trinajstić information content (AvgIpc) is 2.41. The molecule has 0 radical (unpaired) electrons. The Bertz CT molecular complexity index is 405. The zero-order valence-corrected chi connectivity index (χ0v) is 10.8. The summed E-state index contributed by atoms with van der Waals surface area (Å²) in [6, 6.07) is 4.22. The lowest BCUT2D eigenvalue weighted by molar-refractivity contribution is -0.132. The van der Waals surface area contributed by atoms with Crippen LogP contribution in [-0.4, -0.2) is 42.5 Å². The topological polar surface area (TPSA) is 54.5 Å². The first-order chi connectivity index (χ1) is 8.69. The molecule has 1 N–H and O–H groups in total. The van der Waals surface area contributed by atoms with E-state index in [2.05, 4.69) is 10.3 Å². The molecule has 1 unspecified atom stereocenters. The van der Waals surface area contributed by atoms with Gasteiger partial charge in [0.2, 0.25) is 11.8 Å². The molecule has 0 aliphatic carbocycles. The van der Waals surface area contributed by atoms with E-state index in [9.17, 15) is 4.79 Å². The molecule has 1 aromatic heterocycles. The summed E-state index contributed by atoms with van der Waals surface area (Å²) in [6.45, 7) is 1.55. The predicted octanol–water partition coefficient (Wildman–Crippen LogP) is 0.801. The van der Waals surface area contributed by atoms with Crippen LogP contribution in [0.3, 0.4) is 0 Å². The molecular formula is C13H19N3O2. The van der Waals surface area contributed by atoms with Gasteiger partial charge in [-0.15, -0.1) is 0 Å². The van der Waals surface area contributed by atoms with E-state index in [4.69, 9.17) is 4.74 Å². The van der Waals surface area contributed by atoms with Gasteiger partial charge in [-0.2, -0.15) is 0 Å². The van der Waals surface area contributed by atoms with Gasteiger partial charge in [-0.1, -0.05) is 6.07 Å². The summed E-state index contributed by atoms with van der Waals surface area (Å²) >= 11 is 0. The van der Waals surface area contributed by atoms with Crippen molar-refractivity contribution in [2.24, 2.45) is 0 Å². The molecule has 0 aromatic carbocycles. The molecule has 1 amide bonds. The summed E-state index contributed by atoms with van der Waals surface area (Å²) in [7, 11) is 3.46. The van der Waals surface area contributed by atoms with E-state index in [-0.39, 0.29) is 5.91 Å². The number of aromatic nitrogens is 1. The molecule has 98 valence electrons. The lowest BCUT2D eigenvalue weighted by atomic mass is 10.1. The third-order valence-corrected chi connectivity index (χ3v) is 3.23. The van der Waals surface area contributed by atoms with Crippen molar-refractivity contribution in [3.63, 3.8) is 0 Å². The molecule has 0 bridgehead atoms. The minimum Gasteiger partial charge on any atom is -0.481 e. The van der Waals surface area contributed by atoms with Crippen molar-refractivity contribution >= 4 is 5.91 Å². The molecule has 1 fully saturated rings. The third kappa shape index (κ3) is 3.20. The number of nitrogens with zero attached hydrogens (tertiary/aromatic N) is 2. The molecule has 5 heteroatoms. The summed E-state index contributed by atoms with van der Waals surface area (Å²) in [4.78, 5) is 17.3. The van der Waals surface area contributed by atoms with Crippen LogP contribution >= 0.6 is 0 Å². The second-order valence-electron chi connectivity index (χ2n) is 4.60. The number of likely N-dealkylation sites (N-methyl/N-ethyl adjacent to an activating group) is 1. The zero-order chi connectivity index (χ0) is 13.0. The smallest absolute Gasteiger partial charge is 0.222 e. The predicted molar refractivity (Wildman–Crippen MR) is 68.3 cm³/mol. The minimum atomic E-state index is 0.235. The molecule has 1 saturated heterocycles. The monoisotopic (exact) mass is 249 g/mol. The van der Waals surface area contributed by atoms with Crippen LogP contribution in [-0.2, 0) is 11.3 Å². The first-order valence-electron chi connectivity index (χ1n) is 6.15. The molecule has 5 nitrogen and oxygen atoms in total. The van der Waals surface area contributed by atoms with Gasteiger partial charge in [0.25, 0.3) is 0 Å². The van der Waals surface area contributed by atoms with E-state index in [0.717, 1.165) is 25.1 Å². The van der Waals surface area contributed by atoms with Gasteiger partial charge in [0.15, 0.2) is 0 Å². The summed E-state index contributed by atoms with van der Waals surface area (Å²) < 4.78 is 5.01. The van der Waals surface area contributed by atoms with Crippen LogP contribution in [0.1, 0.15) is 18.4 Å². The summed E-state index contributed by atoms with van der Waals surface area (Å²) in [5.74, 6) is 0.862. The fraction of sp³-hybridized carbons (Fsp3) is 0.538. The van der Waals surface area contributed by atoms with E-state index in [1.165, 1.54) is 0 Å². The molecule has 1 aromatic rings. The van der Waals surface area contributed by atoms with Crippen LogP contribution in [0.2, 0.25) is 0 Å². The number of nitrogens with one attached hydrogen (secondary N) is 1. The Hall–Kier alpha value is -1.62. The van der Waals surface area contributed by atoms with Crippen molar-refractivity contribution in [2.45, 2.75) is 25.4 Å². The molecule has 2 heterocycles. The molecular weight excluding hydrogens is 230 g/mol. The lowest BCUT2D eigenvalue weighted by Gasteiger charge is -2.30. The number of amides is 1. The van der Waals surface area contributed by atoms with Crippen LogP contribution in [0.25, 0.3) is 0 Å². The SMILES string of the molecule is COc1ccc(CNC2CCC(=O)N(C)C2)cn1. The summed E-state index contributed by atoms with van der Waals surface area (Å²) in [5.41, 5.74) is 1.12. The molecule has 18 heavy (non-hydrogen) atoms. The van der Waals surface area contributed by atoms with Crippen molar-refractivity contribution in [2.75, 3.05) is 20.7 Å². The standard InChI is InChI=1S/C13H19N3O2/c1-16-9-11(4-6-13(16)17)14-7-10-3-5-12(18-2)15-8-10/h3,5,8,11,14H,4,6-7,9H2,1-2H3. The zero-order valence-electron chi connectivity index (χ0n) is 10.8. The fourth-order valence-corrected chi connectivity index (χ4v) is 2.08. The Morgan fingerprint density at radius 3 is 3.00 bits per heavy atom. The average molecular weight is 249 g/mol. The van der Waals surface area contributed by atoms with Crippen LogP contribution in [0, 0.1) is 0 Å². The van der Waals surface area contributed by atoms with E-state index >= 15 is 0 Å². The van der Waals surface area contributed by atoms with Gasteiger partial charge in [-0.05, 0) is 12.0 Å². The van der Waals surface area contributed by atoms with Crippen molar-refractivity contribution in [3.05, 3.63) is 23.9 Å². The van der Waals surface area contributed by atoms with Gasteiger partial charge in [0.05, 0.1) is 7.11 Å². The quantitative estimate of drug-likeness (QED) is 0.857. The van der Waals surface area contributed by atoms with E-state index in [1.807, 2.05) is 25.4 Å². The summed E-state index contributed by atoms with van der Waals surface area (Å²) in [6.07, 6.45) is 3.35. The van der Waals surface area contributed by atoms with Crippen molar-refractivity contribution in [1.82, 2.24) is 15.2 Å². The number of piperidine rings is 1. The van der Waals surface area contributed by atoms with E-state index in [1.54, 1.807) is 12.0 Å². The Labute approximate surface area is 107 Å². The Balaban J connectivity index is 1.82. The number of ether oxygens (including phenoxy) is 1.